The van der Waals surface area contributed by atoms with Crippen LogP contribution in [-0.2, 0) is 26.9 Å². The van der Waals surface area contributed by atoms with E-state index < -0.39 is 11.9 Å². The number of ether oxygens (including phenoxy) is 1. The molecule has 0 saturated heterocycles. The van der Waals surface area contributed by atoms with Crippen LogP contribution in [-0.4, -0.2) is 29.3 Å². The van der Waals surface area contributed by atoms with Crippen LogP contribution in [0.5, 0.6) is 5.88 Å². The molecule has 150 valence electrons. The zero-order valence-corrected chi connectivity index (χ0v) is 16.0. The molecule has 4 aromatic rings. The van der Waals surface area contributed by atoms with E-state index in [1.54, 1.807) is 42.2 Å². The van der Waals surface area contributed by atoms with Gasteiger partial charge in [-0.1, -0.05) is 24.3 Å². The highest BCUT2D eigenvalue weighted by Gasteiger charge is 2.34. The topological polar surface area (TPSA) is 70.7 Å². The molecule has 0 aliphatic heterocycles. The lowest BCUT2D eigenvalue weighted by atomic mass is 10.1. The van der Waals surface area contributed by atoms with Crippen LogP contribution in [0.15, 0.2) is 36.7 Å². The minimum atomic E-state index is -4.49. The molecule has 7 nitrogen and oxygen atoms in total. The van der Waals surface area contributed by atoms with Crippen LogP contribution in [0, 0.1) is 0 Å². The molecule has 4 rings (SSSR count). The largest absolute Gasteiger partial charge is 0.471 e. The summed E-state index contributed by atoms with van der Waals surface area (Å²) in [6.45, 7) is 0.174. The molecule has 0 amide bonds. The number of halogens is 4. The van der Waals surface area contributed by atoms with Crippen molar-refractivity contribution in [2.24, 2.45) is 14.1 Å². The van der Waals surface area contributed by atoms with Crippen molar-refractivity contribution in [1.82, 2.24) is 29.3 Å². The van der Waals surface area contributed by atoms with Crippen LogP contribution in [0.4, 0.5) is 13.2 Å². The smallest absolute Gasteiger partial charge is 0.434 e. The molecule has 0 bridgehead atoms. The molecular weight excluding hydrogens is 409 g/mol. The Hall–Kier alpha value is -3.14. The summed E-state index contributed by atoms with van der Waals surface area (Å²) in [5.74, 6) is 0.478. The van der Waals surface area contributed by atoms with E-state index in [1.165, 1.54) is 11.6 Å². The van der Waals surface area contributed by atoms with Gasteiger partial charge in [-0.2, -0.15) is 23.3 Å². The number of aryl methyl sites for hydroxylation is 2. The number of hydrogen-bond donors (Lipinski definition) is 0. The van der Waals surface area contributed by atoms with E-state index in [1.807, 2.05) is 0 Å². The van der Waals surface area contributed by atoms with E-state index in [0.717, 1.165) is 11.8 Å². The fourth-order valence-electron chi connectivity index (χ4n) is 2.84. The van der Waals surface area contributed by atoms with Gasteiger partial charge in [0.1, 0.15) is 17.9 Å². The Morgan fingerprint density at radius 2 is 1.76 bits per heavy atom. The summed E-state index contributed by atoms with van der Waals surface area (Å²) in [6, 6.07) is 6.86. The van der Waals surface area contributed by atoms with Gasteiger partial charge in [-0.05, 0) is 17.2 Å². The SMILES string of the molecule is Cn1cc2nc(Cl)nc(OCc3ccc(-c4nc(C(F)(F)F)cn4C)cc3)c2n1. The van der Waals surface area contributed by atoms with Crippen molar-refractivity contribution < 1.29 is 17.9 Å². The normalized spacial score (nSPS) is 11.9. The predicted octanol–water partition coefficient (Wildman–Crippen LogP) is 4.02. The number of aromatic nitrogens is 6. The van der Waals surface area contributed by atoms with Gasteiger partial charge < -0.3 is 9.30 Å². The van der Waals surface area contributed by atoms with Crippen molar-refractivity contribution in [3.8, 4) is 17.3 Å². The second-order valence-corrected chi connectivity index (χ2v) is 6.72. The summed E-state index contributed by atoms with van der Waals surface area (Å²) >= 11 is 5.92. The zero-order valence-electron chi connectivity index (χ0n) is 15.3. The first-order chi connectivity index (χ1) is 13.7. The van der Waals surface area contributed by atoms with E-state index >= 15 is 0 Å². The Bertz CT molecular complexity index is 1180. The zero-order chi connectivity index (χ0) is 20.8. The molecule has 0 aliphatic carbocycles. The average molecular weight is 423 g/mol. The lowest BCUT2D eigenvalue weighted by Gasteiger charge is -2.07. The summed E-state index contributed by atoms with van der Waals surface area (Å²) < 4.78 is 47.2. The average Bonchev–Trinajstić information content (AvgIpc) is 3.22. The van der Waals surface area contributed by atoms with Crippen molar-refractivity contribution in [2.75, 3.05) is 0 Å². The van der Waals surface area contributed by atoms with Crippen LogP contribution in [0.2, 0.25) is 5.28 Å². The predicted molar refractivity (Wildman–Crippen MR) is 99.3 cm³/mol. The highest BCUT2D eigenvalue weighted by molar-refractivity contribution is 6.28. The van der Waals surface area contributed by atoms with E-state index in [4.69, 9.17) is 16.3 Å². The molecule has 3 aromatic heterocycles. The van der Waals surface area contributed by atoms with Crippen molar-refractivity contribution >= 4 is 22.6 Å². The fraction of sp³-hybridized carbons (Fsp3) is 0.222. The van der Waals surface area contributed by atoms with E-state index in [-0.39, 0.29) is 23.6 Å². The highest BCUT2D eigenvalue weighted by atomic mass is 35.5. The van der Waals surface area contributed by atoms with Gasteiger partial charge in [-0.15, -0.1) is 0 Å². The van der Waals surface area contributed by atoms with Gasteiger partial charge in [0.05, 0.1) is 6.20 Å². The molecule has 0 fully saturated rings. The monoisotopic (exact) mass is 422 g/mol. The van der Waals surface area contributed by atoms with Crippen LogP contribution < -0.4 is 4.74 Å². The Kier molecular flexibility index (Phi) is 4.65. The third-order valence-corrected chi connectivity index (χ3v) is 4.34. The van der Waals surface area contributed by atoms with Crippen LogP contribution in [0.1, 0.15) is 11.3 Å². The number of rotatable bonds is 4. The summed E-state index contributed by atoms with van der Waals surface area (Å²) in [4.78, 5) is 11.8. The lowest BCUT2D eigenvalue weighted by molar-refractivity contribution is -0.140. The second-order valence-electron chi connectivity index (χ2n) is 6.38. The highest BCUT2D eigenvalue weighted by Crippen LogP contribution is 2.30. The van der Waals surface area contributed by atoms with Crippen molar-refractivity contribution in [3.05, 3.63) is 53.2 Å². The molecule has 1 aromatic carbocycles. The summed E-state index contributed by atoms with van der Waals surface area (Å²) in [5.41, 5.74) is 1.47. The maximum absolute atomic E-state index is 12.8. The Labute approximate surface area is 167 Å². The number of hydrogen-bond acceptors (Lipinski definition) is 5. The lowest BCUT2D eigenvalue weighted by Crippen LogP contribution is -2.04. The van der Waals surface area contributed by atoms with Gasteiger partial charge in [0.2, 0.25) is 11.2 Å². The summed E-state index contributed by atoms with van der Waals surface area (Å²) in [5, 5.41) is 4.30. The number of alkyl halides is 3. The van der Waals surface area contributed by atoms with Crippen LogP contribution in [0.25, 0.3) is 22.4 Å². The summed E-state index contributed by atoms with van der Waals surface area (Å²) in [6.07, 6.45) is -1.82. The number of benzene rings is 1. The van der Waals surface area contributed by atoms with E-state index in [2.05, 4.69) is 20.1 Å². The van der Waals surface area contributed by atoms with Crippen LogP contribution >= 0.6 is 11.6 Å². The molecule has 0 atom stereocenters. The maximum Gasteiger partial charge on any atom is 0.434 e. The fourth-order valence-corrected chi connectivity index (χ4v) is 3.01. The first-order valence-electron chi connectivity index (χ1n) is 8.40. The summed E-state index contributed by atoms with van der Waals surface area (Å²) in [7, 11) is 3.27. The van der Waals surface area contributed by atoms with Gasteiger partial charge in [0.25, 0.3) is 0 Å². The van der Waals surface area contributed by atoms with Gasteiger partial charge >= 0.3 is 6.18 Å². The van der Waals surface area contributed by atoms with E-state index in [9.17, 15) is 13.2 Å². The van der Waals surface area contributed by atoms with Gasteiger partial charge in [-0.25, -0.2) is 9.97 Å². The first kappa shape index (κ1) is 19.2. The van der Waals surface area contributed by atoms with Crippen molar-refractivity contribution in [2.45, 2.75) is 12.8 Å². The van der Waals surface area contributed by atoms with Crippen LogP contribution in [0.3, 0.4) is 0 Å². The second kappa shape index (κ2) is 7.03. The molecule has 0 spiro atoms. The number of imidazole rings is 1. The minimum absolute atomic E-state index is 0.0473. The molecule has 11 heteroatoms. The van der Waals surface area contributed by atoms with Crippen molar-refractivity contribution in [1.29, 1.82) is 0 Å². The van der Waals surface area contributed by atoms with Crippen molar-refractivity contribution in [3.63, 3.8) is 0 Å². The maximum atomic E-state index is 12.8. The Balaban J connectivity index is 1.53. The van der Waals surface area contributed by atoms with Gasteiger partial charge in [0.15, 0.2) is 11.2 Å². The standard InChI is InChI=1S/C18H14ClF3N6O/c1-27-8-13(18(20,21)22)24-15(27)11-5-3-10(4-6-11)9-29-16-14-12(7-28(2)26-14)23-17(19)25-16/h3-8H,9H2,1-2H3. The molecule has 0 saturated carbocycles. The molecule has 0 aliphatic rings. The molecule has 0 N–H and O–H groups in total. The van der Waals surface area contributed by atoms with Gasteiger partial charge in [0, 0.05) is 25.9 Å². The number of nitrogens with zero attached hydrogens (tertiary/aromatic N) is 6. The van der Waals surface area contributed by atoms with E-state index in [0.29, 0.717) is 16.6 Å². The molecule has 3 heterocycles. The third-order valence-electron chi connectivity index (χ3n) is 4.17. The Morgan fingerprint density at radius 3 is 2.41 bits per heavy atom. The molecule has 29 heavy (non-hydrogen) atoms. The third kappa shape index (κ3) is 3.88. The molecule has 0 radical (unpaired) electrons. The molecule has 0 unspecified atom stereocenters. The first-order valence-corrected chi connectivity index (χ1v) is 8.78. The molecular formula is C18H14ClF3N6O. The van der Waals surface area contributed by atoms with Gasteiger partial charge in [-0.3, -0.25) is 4.68 Å². The minimum Gasteiger partial charge on any atom is -0.471 e. The number of fused-ring (bicyclic) bond motifs is 1. The Morgan fingerprint density at radius 1 is 1.03 bits per heavy atom. The quantitative estimate of drug-likeness (QED) is 0.465.